The topological polar surface area (TPSA) is 63.4 Å². The van der Waals surface area contributed by atoms with E-state index in [4.69, 9.17) is 5.73 Å². The Morgan fingerprint density at radius 3 is 2.39 bits per heavy atom. The van der Waals surface area contributed by atoms with Crippen LogP contribution in [0, 0.1) is 0 Å². The van der Waals surface area contributed by atoms with E-state index in [1.54, 1.807) is 6.92 Å². The van der Waals surface area contributed by atoms with E-state index >= 15 is 0 Å². The van der Waals surface area contributed by atoms with Crippen molar-refractivity contribution in [2.24, 2.45) is 0 Å². The lowest BCUT2D eigenvalue weighted by Crippen LogP contribution is -2.31. The molecular weight excluding hydrogens is 248 g/mol. The van der Waals surface area contributed by atoms with Crippen LogP contribution in [0.25, 0.3) is 0 Å². The molecular formula is C13H22N2O2S. The zero-order valence-corrected chi connectivity index (χ0v) is 11.9. The second-order valence-electron chi connectivity index (χ2n) is 4.28. The Balaban J connectivity index is 2.81. The standard InChI is InChI=1S/C13H22N2O2S/c1-3-9-15(10-11-18(16,17)4-2)13-8-6-5-7-12(13)14/h5-8H,3-4,9-11,14H2,1-2H3. The first kappa shape index (κ1) is 14.8. The van der Waals surface area contributed by atoms with E-state index < -0.39 is 9.84 Å². The second kappa shape index (κ2) is 6.64. The Hall–Kier alpha value is -1.23. The highest BCUT2D eigenvalue weighted by atomic mass is 32.2. The number of sulfone groups is 1. The number of nitrogen functional groups attached to an aromatic ring is 1. The SMILES string of the molecule is CCCN(CCS(=O)(=O)CC)c1ccccc1N. The number of nitrogens with zero attached hydrogens (tertiary/aromatic N) is 1. The van der Waals surface area contributed by atoms with Gasteiger partial charge >= 0.3 is 0 Å². The molecule has 18 heavy (non-hydrogen) atoms. The Bertz CT molecular complexity index is 472. The normalized spacial score (nSPS) is 11.4. The zero-order valence-electron chi connectivity index (χ0n) is 11.1. The molecule has 0 saturated heterocycles. The summed E-state index contributed by atoms with van der Waals surface area (Å²) in [6.45, 7) is 5.06. The molecule has 1 rings (SSSR count). The van der Waals surface area contributed by atoms with E-state index in [-0.39, 0.29) is 11.5 Å². The highest BCUT2D eigenvalue weighted by Gasteiger charge is 2.13. The lowest BCUT2D eigenvalue weighted by Gasteiger charge is -2.25. The van der Waals surface area contributed by atoms with Crippen LogP contribution in [0.1, 0.15) is 20.3 Å². The van der Waals surface area contributed by atoms with E-state index in [1.807, 2.05) is 29.2 Å². The molecule has 0 fully saturated rings. The average molecular weight is 270 g/mol. The Kier molecular flexibility index (Phi) is 5.47. The number of anilines is 2. The van der Waals surface area contributed by atoms with Crippen molar-refractivity contribution in [2.45, 2.75) is 20.3 Å². The van der Waals surface area contributed by atoms with Gasteiger partial charge in [0.2, 0.25) is 0 Å². The maximum Gasteiger partial charge on any atom is 0.151 e. The van der Waals surface area contributed by atoms with Crippen LogP contribution in [-0.4, -0.2) is 33.0 Å². The van der Waals surface area contributed by atoms with Crippen LogP contribution < -0.4 is 10.6 Å². The minimum absolute atomic E-state index is 0.178. The van der Waals surface area contributed by atoms with Crippen LogP contribution >= 0.6 is 0 Å². The maximum absolute atomic E-state index is 11.6. The summed E-state index contributed by atoms with van der Waals surface area (Å²) in [5, 5.41) is 0. The van der Waals surface area contributed by atoms with Crippen molar-refractivity contribution in [3.05, 3.63) is 24.3 Å². The molecule has 4 nitrogen and oxygen atoms in total. The van der Waals surface area contributed by atoms with Crippen LogP contribution in [-0.2, 0) is 9.84 Å². The quantitative estimate of drug-likeness (QED) is 0.769. The molecule has 0 amide bonds. The molecule has 0 heterocycles. The highest BCUT2D eigenvalue weighted by molar-refractivity contribution is 7.91. The number of hydrogen-bond donors (Lipinski definition) is 1. The minimum Gasteiger partial charge on any atom is -0.397 e. The summed E-state index contributed by atoms with van der Waals surface area (Å²) in [7, 11) is -2.94. The van der Waals surface area contributed by atoms with Gasteiger partial charge in [-0.1, -0.05) is 26.0 Å². The van der Waals surface area contributed by atoms with Gasteiger partial charge in [0.25, 0.3) is 0 Å². The molecule has 1 aromatic rings. The van der Waals surface area contributed by atoms with E-state index in [1.165, 1.54) is 0 Å². The van der Waals surface area contributed by atoms with Crippen molar-refractivity contribution in [1.82, 2.24) is 0 Å². The molecule has 0 aromatic heterocycles. The fourth-order valence-corrected chi connectivity index (χ4v) is 2.58. The Morgan fingerprint density at radius 1 is 1.17 bits per heavy atom. The van der Waals surface area contributed by atoms with Crippen LogP contribution in [0.15, 0.2) is 24.3 Å². The van der Waals surface area contributed by atoms with E-state index in [0.717, 1.165) is 18.7 Å². The van der Waals surface area contributed by atoms with Gasteiger partial charge in [0.1, 0.15) is 0 Å². The summed E-state index contributed by atoms with van der Waals surface area (Å²) in [6.07, 6.45) is 0.959. The monoisotopic (exact) mass is 270 g/mol. The van der Waals surface area contributed by atoms with Crippen LogP contribution in [0.2, 0.25) is 0 Å². The predicted octanol–water partition coefficient (Wildman–Crippen LogP) is 1.92. The van der Waals surface area contributed by atoms with Crippen molar-refractivity contribution >= 4 is 21.2 Å². The summed E-state index contributed by atoms with van der Waals surface area (Å²) >= 11 is 0. The van der Waals surface area contributed by atoms with Gasteiger partial charge in [0, 0.05) is 18.8 Å². The second-order valence-corrected chi connectivity index (χ2v) is 6.75. The van der Waals surface area contributed by atoms with E-state index in [9.17, 15) is 8.42 Å². The molecule has 0 bridgehead atoms. The summed E-state index contributed by atoms with van der Waals surface area (Å²) in [5.41, 5.74) is 7.55. The molecule has 0 radical (unpaired) electrons. The molecule has 2 N–H and O–H groups in total. The first-order chi connectivity index (χ1) is 8.50. The third-order valence-corrected chi connectivity index (χ3v) is 4.57. The first-order valence-electron chi connectivity index (χ1n) is 6.30. The van der Waals surface area contributed by atoms with Crippen molar-refractivity contribution in [1.29, 1.82) is 0 Å². The fraction of sp³-hybridized carbons (Fsp3) is 0.538. The molecule has 0 aliphatic heterocycles. The summed E-state index contributed by atoms with van der Waals surface area (Å²) < 4.78 is 23.1. The fourth-order valence-electron chi connectivity index (χ4n) is 1.79. The molecule has 5 heteroatoms. The van der Waals surface area contributed by atoms with Crippen LogP contribution in [0.5, 0.6) is 0 Å². The van der Waals surface area contributed by atoms with Gasteiger partial charge in [0.05, 0.1) is 17.1 Å². The number of hydrogen-bond acceptors (Lipinski definition) is 4. The lowest BCUT2D eigenvalue weighted by atomic mass is 10.2. The van der Waals surface area contributed by atoms with Gasteiger partial charge in [-0.15, -0.1) is 0 Å². The average Bonchev–Trinajstić information content (AvgIpc) is 2.35. The molecule has 0 spiro atoms. The Labute approximate surface area is 110 Å². The molecule has 0 saturated carbocycles. The van der Waals surface area contributed by atoms with Gasteiger partial charge in [-0.3, -0.25) is 0 Å². The van der Waals surface area contributed by atoms with E-state index in [2.05, 4.69) is 6.92 Å². The van der Waals surface area contributed by atoms with Crippen molar-refractivity contribution in [3.63, 3.8) is 0 Å². The maximum atomic E-state index is 11.6. The zero-order chi connectivity index (χ0) is 13.6. The van der Waals surface area contributed by atoms with Gasteiger partial charge in [-0.2, -0.15) is 0 Å². The Morgan fingerprint density at radius 2 is 1.83 bits per heavy atom. The van der Waals surface area contributed by atoms with Gasteiger partial charge < -0.3 is 10.6 Å². The number of benzene rings is 1. The van der Waals surface area contributed by atoms with Gasteiger partial charge in [0.15, 0.2) is 9.84 Å². The summed E-state index contributed by atoms with van der Waals surface area (Å²) in [5.74, 6) is 0.370. The molecule has 0 aliphatic rings. The van der Waals surface area contributed by atoms with Crippen molar-refractivity contribution in [3.8, 4) is 0 Å². The first-order valence-corrected chi connectivity index (χ1v) is 8.12. The van der Waals surface area contributed by atoms with Gasteiger partial charge in [-0.05, 0) is 18.6 Å². The van der Waals surface area contributed by atoms with Crippen LogP contribution in [0.3, 0.4) is 0 Å². The smallest absolute Gasteiger partial charge is 0.151 e. The summed E-state index contributed by atoms with van der Waals surface area (Å²) in [4.78, 5) is 2.04. The highest BCUT2D eigenvalue weighted by Crippen LogP contribution is 2.22. The number of rotatable bonds is 7. The lowest BCUT2D eigenvalue weighted by molar-refractivity contribution is 0.595. The van der Waals surface area contributed by atoms with Crippen molar-refractivity contribution in [2.75, 3.05) is 35.2 Å². The third kappa shape index (κ3) is 4.22. The molecule has 0 atom stereocenters. The molecule has 102 valence electrons. The number of para-hydroxylation sites is 2. The third-order valence-electron chi connectivity index (χ3n) is 2.88. The largest absolute Gasteiger partial charge is 0.397 e. The molecule has 1 aromatic carbocycles. The van der Waals surface area contributed by atoms with Crippen molar-refractivity contribution < 1.29 is 8.42 Å². The molecule has 0 unspecified atom stereocenters. The molecule has 0 aliphatic carbocycles. The van der Waals surface area contributed by atoms with E-state index in [0.29, 0.717) is 12.2 Å². The number of nitrogens with two attached hydrogens (primary N) is 1. The summed E-state index contributed by atoms with van der Waals surface area (Å²) in [6, 6.07) is 7.57. The van der Waals surface area contributed by atoms with Gasteiger partial charge in [-0.25, -0.2) is 8.42 Å². The van der Waals surface area contributed by atoms with Crippen LogP contribution in [0.4, 0.5) is 11.4 Å². The minimum atomic E-state index is -2.94. The predicted molar refractivity (Wildman–Crippen MR) is 77.7 cm³/mol.